The first-order valence-electron chi connectivity index (χ1n) is 10.9. The predicted molar refractivity (Wildman–Crippen MR) is 136 cm³/mol. The molecule has 1 heterocycles. The zero-order chi connectivity index (χ0) is 25.8. The number of aryl methyl sites for hydroxylation is 1. The van der Waals surface area contributed by atoms with Gasteiger partial charge in [-0.2, -0.15) is 0 Å². The van der Waals surface area contributed by atoms with E-state index in [1.54, 1.807) is 36.4 Å². The maximum atomic E-state index is 13.2. The van der Waals surface area contributed by atoms with Gasteiger partial charge in [0.1, 0.15) is 17.9 Å². The van der Waals surface area contributed by atoms with Crippen LogP contribution in [0.1, 0.15) is 16.7 Å². The second-order valence-corrected chi connectivity index (χ2v) is 8.37. The first-order chi connectivity index (χ1) is 17.3. The summed E-state index contributed by atoms with van der Waals surface area (Å²) in [6.07, 6.45) is 1.35. The van der Waals surface area contributed by atoms with Crippen LogP contribution in [0, 0.1) is 6.92 Å². The number of nitrogens with one attached hydrogen (secondary N) is 1. The number of hydrogen-bond donors (Lipinski definition) is 1. The molecule has 0 spiro atoms. The Labute approximate surface area is 213 Å². The highest BCUT2D eigenvalue weighted by Crippen LogP contribution is 2.38. The molecule has 0 atom stereocenters. The van der Waals surface area contributed by atoms with Gasteiger partial charge in [-0.15, -0.1) is 0 Å². The maximum absolute atomic E-state index is 13.2. The van der Waals surface area contributed by atoms with Crippen molar-refractivity contribution in [2.24, 2.45) is 0 Å². The monoisotopic (exact) mass is 506 g/mol. The Kier molecular flexibility index (Phi) is 7.26. The maximum Gasteiger partial charge on any atom is 0.335 e. The van der Waals surface area contributed by atoms with Gasteiger partial charge in [-0.1, -0.05) is 41.4 Å². The summed E-state index contributed by atoms with van der Waals surface area (Å²) < 4.78 is 16.5. The number of anilines is 1. The second-order valence-electron chi connectivity index (χ2n) is 7.97. The average molecular weight is 507 g/mol. The summed E-state index contributed by atoms with van der Waals surface area (Å²) in [5.74, 6) is -0.374. The summed E-state index contributed by atoms with van der Waals surface area (Å²) in [6.45, 7) is 2.27. The van der Waals surface area contributed by atoms with Gasteiger partial charge in [-0.25, -0.2) is 9.69 Å². The number of carbonyl (C=O) groups excluding carboxylic acids is 3. The number of hydrogen-bond acceptors (Lipinski definition) is 6. The summed E-state index contributed by atoms with van der Waals surface area (Å²) in [4.78, 5) is 39.0. The standard InChI is InChI=1S/C27H23ClN2O6/c1-16-5-4-6-17(11-16)15-36-24-22(28)13-18(14-23(24)35-3)12-21-25(31)29-27(33)30(26(21)32)19-7-9-20(34-2)10-8-19/h4-14H,15H2,1-3H3,(H,29,31,33)/b21-12+. The Bertz CT molecular complexity index is 1370. The number of halogens is 1. The lowest BCUT2D eigenvalue weighted by atomic mass is 10.1. The van der Waals surface area contributed by atoms with Crippen molar-refractivity contribution in [1.82, 2.24) is 5.32 Å². The van der Waals surface area contributed by atoms with Gasteiger partial charge in [0.05, 0.1) is 24.9 Å². The largest absolute Gasteiger partial charge is 0.497 e. The highest BCUT2D eigenvalue weighted by molar-refractivity contribution is 6.39. The third-order valence-electron chi connectivity index (χ3n) is 5.46. The highest BCUT2D eigenvalue weighted by atomic mass is 35.5. The third-order valence-corrected chi connectivity index (χ3v) is 5.74. The third kappa shape index (κ3) is 5.18. The van der Waals surface area contributed by atoms with Crippen LogP contribution in [0.3, 0.4) is 0 Å². The van der Waals surface area contributed by atoms with E-state index in [2.05, 4.69) is 5.32 Å². The molecule has 1 N–H and O–H groups in total. The summed E-state index contributed by atoms with van der Waals surface area (Å²) in [7, 11) is 2.97. The Morgan fingerprint density at radius 2 is 1.72 bits per heavy atom. The van der Waals surface area contributed by atoms with Crippen molar-refractivity contribution in [2.45, 2.75) is 13.5 Å². The zero-order valence-electron chi connectivity index (χ0n) is 19.8. The van der Waals surface area contributed by atoms with E-state index in [-0.39, 0.29) is 22.9 Å². The van der Waals surface area contributed by atoms with Crippen LogP contribution in [0.15, 0.2) is 66.2 Å². The molecule has 184 valence electrons. The van der Waals surface area contributed by atoms with Gasteiger partial charge in [0.15, 0.2) is 11.5 Å². The van der Waals surface area contributed by atoms with Gasteiger partial charge >= 0.3 is 6.03 Å². The molecule has 1 saturated heterocycles. The van der Waals surface area contributed by atoms with Crippen molar-refractivity contribution in [1.29, 1.82) is 0 Å². The Hall–Kier alpha value is -4.30. The number of benzene rings is 3. The van der Waals surface area contributed by atoms with E-state index in [1.165, 1.54) is 20.3 Å². The van der Waals surface area contributed by atoms with Crippen LogP contribution in [0.25, 0.3) is 6.08 Å². The zero-order valence-corrected chi connectivity index (χ0v) is 20.6. The number of methoxy groups -OCH3 is 2. The minimum atomic E-state index is -0.845. The van der Waals surface area contributed by atoms with Crippen LogP contribution < -0.4 is 24.4 Å². The molecule has 0 unspecified atom stereocenters. The SMILES string of the molecule is COc1ccc(N2C(=O)NC(=O)/C(=C\c3cc(Cl)c(OCc4cccc(C)c4)c(OC)c3)C2=O)cc1. The molecule has 1 aliphatic rings. The summed E-state index contributed by atoms with van der Waals surface area (Å²) in [5.41, 5.74) is 2.53. The molecule has 36 heavy (non-hydrogen) atoms. The van der Waals surface area contributed by atoms with Gasteiger partial charge in [0.25, 0.3) is 11.8 Å². The first kappa shape index (κ1) is 24.8. The quantitative estimate of drug-likeness (QED) is 0.361. The lowest BCUT2D eigenvalue weighted by Crippen LogP contribution is -2.54. The molecule has 0 aliphatic carbocycles. The van der Waals surface area contributed by atoms with E-state index in [4.69, 9.17) is 25.8 Å². The van der Waals surface area contributed by atoms with Gasteiger partial charge in [0, 0.05) is 0 Å². The Morgan fingerprint density at radius 3 is 2.39 bits per heavy atom. The molecule has 4 amide bonds. The normalized spacial score (nSPS) is 14.6. The van der Waals surface area contributed by atoms with Crippen molar-refractivity contribution in [3.05, 3.63) is 87.9 Å². The van der Waals surface area contributed by atoms with Crippen molar-refractivity contribution in [3.63, 3.8) is 0 Å². The molecule has 1 fully saturated rings. The van der Waals surface area contributed by atoms with Crippen molar-refractivity contribution in [2.75, 3.05) is 19.1 Å². The van der Waals surface area contributed by atoms with Crippen LogP contribution >= 0.6 is 11.6 Å². The number of ether oxygens (including phenoxy) is 3. The lowest BCUT2D eigenvalue weighted by Gasteiger charge is -2.26. The van der Waals surface area contributed by atoms with Crippen LogP contribution in [0.2, 0.25) is 5.02 Å². The molecule has 0 saturated carbocycles. The smallest absolute Gasteiger partial charge is 0.335 e. The molecule has 1 aliphatic heterocycles. The van der Waals surface area contributed by atoms with Crippen LogP contribution in [-0.2, 0) is 16.2 Å². The van der Waals surface area contributed by atoms with Crippen molar-refractivity contribution < 1.29 is 28.6 Å². The number of rotatable bonds is 7. The molecule has 3 aromatic carbocycles. The predicted octanol–water partition coefficient (Wildman–Crippen LogP) is 4.91. The molecule has 3 aromatic rings. The summed E-state index contributed by atoms with van der Waals surface area (Å²) in [5, 5.41) is 2.43. The number of urea groups is 1. The second kappa shape index (κ2) is 10.5. The summed E-state index contributed by atoms with van der Waals surface area (Å²) >= 11 is 6.48. The summed E-state index contributed by atoms with van der Waals surface area (Å²) in [6, 6.07) is 16.5. The molecule has 0 aromatic heterocycles. The topological polar surface area (TPSA) is 94.2 Å². The number of barbiturate groups is 1. The van der Waals surface area contributed by atoms with Gasteiger partial charge in [-0.05, 0) is 60.5 Å². The van der Waals surface area contributed by atoms with Crippen LogP contribution in [-0.4, -0.2) is 32.1 Å². The van der Waals surface area contributed by atoms with E-state index in [1.807, 2.05) is 31.2 Å². The molecule has 9 heteroatoms. The van der Waals surface area contributed by atoms with E-state index in [9.17, 15) is 14.4 Å². The first-order valence-corrected chi connectivity index (χ1v) is 11.3. The molecular formula is C27H23ClN2O6. The Morgan fingerprint density at radius 1 is 0.972 bits per heavy atom. The lowest BCUT2D eigenvalue weighted by molar-refractivity contribution is -0.122. The number of nitrogens with zero attached hydrogens (tertiary/aromatic N) is 1. The van der Waals surface area contributed by atoms with Crippen molar-refractivity contribution >= 4 is 41.2 Å². The van der Waals surface area contributed by atoms with Crippen LogP contribution in [0.4, 0.5) is 10.5 Å². The molecule has 0 radical (unpaired) electrons. The van der Waals surface area contributed by atoms with Crippen LogP contribution in [0.5, 0.6) is 17.2 Å². The van der Waals surface area contributed by atoms with Gasteiger partial charge < -0.3 is 14.2 Å². The van der Waals surface area contributed by atoms with Crippen molar-refractivity contribution in [3.8, 4) is 17.2 Å². The molecular weight excluding hydrogens is 484 g/mol. The number of imide groups is 2. The van der Waals surface area contributed by atoms with Gasteiger partial charge in [0.2, 0.25) is 0 Å². The van der Waals surface area contributed by atoms with E-state index >= 15 is 0 Å². The fourth-order valence-electron chi connectivity index (χ4n) is 3.71. The minimum absolute atomic E-state index is 0.237. The fourth-order valence-corrected chi connectivity index (χ4v) is 3.98. The molecule has 0 bridgehead atoms. The van der Waals surface area contributed by atoms with E-state index in [0.717, 1.165) is 16.0 Å². The fraction of sp³-hybridized carbons (Fsp3) is 0.148. The minimum Gasteiger partial charge on any atom is -0.497 e. The average Bonchev–Trinajstić information content (AvgIpc) is 2.86. The highest BCUT2D eigenvalue weighted by Gasteiger charge is 2.36. The number of carbonyl (C=O) groups is 3. The molecule has 8 nitrogen and oxygen atoms in total. The van der Waals surface area contributed by atoms with E-state index in [0.29, 0.717) is 22.8 Å². The van der Waals surface area contributed by atoms with Gasteiger partial charge in [-0.3, -0.25) is 14.9 Å². The number of amides is 4. The van der Waals surface area contributed by atoms with E-state index < -0.39 is 17.8 Å². The molecule has 4 rings (SSSR count). The Balaban J connectivity index is 1.63.